The number of thioether (sulfide) groups is 1. The molecule has 0 saturated carbocycles. The van der Waals surface area contributed by atoms with Crippen molar-refractivity contribution >= 4 is 11.8 Å². The molecule has 0 radical (unpaired) electrons. The monoisotopic (exact) mass is 238 g/mol. The third-order valence-electron chi connectivity index (χ3n) is 3.09. The molecule has 0 amide bonds. The van der Waals surface area contributed by atoms with Crippen molar-refractivity contribution in [2.75, 3.05) is 0 Å². The van der Waals surface area contributed by atoms with Crippen LogP contribution in [0.4, 0.5) is 0 Å². The molecule has 0 N–H and O–H groups in total. The van der Waals surface area contributed by atoms with E-state index in [2.05, 4.69) is 56.0 Å². The van der Waals surface area contributed by atoms with Gasteiger partial charge in [0.25, 0.3) is 0 Å². The van der Waals surface area contributed by atoms with Crippen molar-refractivity contribution in [3.05, 3.63) is 65.1 Å². The largest absolute Gasteiger partial charge is 0.0945 e. The molecule has 0 aromatic heterocycles. The van der Waals surface area contributed by atoms with Crippen LogP contribution in [0.3, 0.4) is 0 Å². The van der Waals surface area contributed by atoms with Crippen LogP contribution in [0.1, 0.15) is 11.1 Å². The van der Waals surface area contributed by atoms with Gasteiger partial charge in [-0.2, -0.15) is 0 Å². The van der Waals surface area contributed by atoms with E-state index >= 15 is 0 Å². The molecule has 1 heterocycles. The topological polar surface area (TPSA) is 0 Å². The average molecular weight is 238 g/mol. The zero-order valence-electron chi connectivity index (χ0n) is 9.86. The molecule has 1 aliphatic rings. The van der Waals surface area contributed by atoms with Crippen LogP contribution < -0.4 is 0 Å². The van der Waals surface area contributed by atoms with Gasteiger partial charge in [0.2, 0.25) is 0 Å². The highest BCUT2D eigenvalue weighted by Gasteiger charge is 2.18. The molecule has 3 rings (SSSR count). The second kappa shape index (κ2) is 4.08. The first kappa shape index (κ1) is 10.7. The number of rotatable bonds is 1. The van der Waals surface area contributed by atoms with E-state index in [1.54, 1.807) is 0 Å². The molecular weight excluding hydrogens is 224 g/mol. The quantitative estimate of drug-likeness (QED) is 0.686. The molecule has 0 aliphatic carbocycles. The highest BCUT2D eigenvalue weighted by molar-refractivity contribution is 8.03. The summed E-state index contributed by atoms with van der Waals surface area (Å²) < 4.78 is 0. The van der Waals surface area contributed by atoms with Crippen LogP contribution in [0, 0.1) is 6.92 Å². The lowest BCUT2D eigenvalue weighted by molar-refractivity contribution is 1.21. The van der Waals surface area contributed by atoms with Gasteiger partial charge in [0.05, 0.1) is 0 Å². The molecule has 0 fully saturated rings. The molecule has 2 aromatic carbocycles. The van der Waals surface area contributed by atoms with Gasteiger partial charge >= 0.3 is 0 Å². The van der Waals surface area contributed by atoms with Gasteiger partial charge in [0.1, 0.15) is 0 Å². The van der Waals surface area contributed by atoms with E-state index in [9.17, 15) is 0 Å². The Bertz CT molecular complexity index is 596. The number of hydrogen-bond acceptors (Lipinski definition) is 1. The summed E-state index contributed by atoms with van der Waals surface area (Å²) in [6.07, 6.45) is 1.00. The zero-order valence-corrected chi connectivity index (χ0v) is 10.7. The second-order valence-corrected chi connectivity index (χ2v) is 5.69. The third-order valence-corrected chi connectivity index (χ3v) is 4.13. The van der Waals surface area contributed by atoms with Crippen LogP contribution in [0.25, 0.3) is 11.1 Å². The van der Waals surface area contributed by atoms with Gasteiger partial charge < -0.3 is 0 Å². The van der Waals surface area contributed by atoms with Gasteiger partial charge in [0, 0.05) is 11.3 Å². The van der Waals surface area contributed by atoms with Crippen molar-refractivity contribution in [2.45, 2.75) is 18.2 Å². The van der Waals surface area contributed by atoms with Crippen molar-refractivity contribution < 1.29 is 0 Å². The molecule has 84 valence electrons. The summed E-state index contributed by atoms with van der Waals surface area (Å²) in [6, 6.07) is 15.3. The predicted octanol–water partition coefficient (Wildman–Crippen LogP) is 4.82. The zero-order chi connectivity index (χ0) is 11.8. The van der Waals surface area contributed by atoms with Gasteiger partial charge in [0.15, 0.2) is 0 Å². The summed E-state index contributed by atoms with van der Waals surface area (Å²) in [7, 11) is 0. The molecule has 0 spiro atoms. The van der Waals surface area contributed by atoms with E-state index in [0.717, 1.165) is 6.42 Å². The molecule has 0 unspecified atom stereocenters. The first-order chi connectivity index (χ1) is 8.24. The minimum atomic E-state index is 1.00. The van der Waals surface area contributed by atoms with Gasteiger partial charge in [-0.1, -0.05) is 60.3 Å². The Morgan fingerprint density at radius 2 is 1.94 bits per heavy atom. The predicted molar refractivity (Wildman–Crippen MR) is 75.3 cm³/mol. The van der Waals surface area contributed by atoms with Gasteiger partial charge in [-0.15, -0.1) is 0 Å². The van der Waals surface area contributed by atoms with Crippen LogP contribution >= 0.6 is 11.8 Å². The molecule has 2 aromatic rings. The van der Waals surface area contributed by atoms with Crippen LogP contribution in [-0.4, -0.2) is 0 Å². The molecular formula is C16H14S. The highest BCUT2D eigenvalue weighted by atomic mass is 32.2. The lowest BCUT2D eigenvalue weighted by Crippen LogP contribution is -1.87. The van der Waals surface area contributed by atoms with E-state index < -0.39 is 0 Å². The second-order valence-electron chi connectivity index (χ2n) is 4.47. The number of aryl methyl sites for hydroxylation is 1. The van der Waals surface area contributed by atoms with E-state index in [-0.39, 0.29) is 0 Å². The standard InChI is InChI=1S/C16H14S/c1-11-5-3-6-13(9-11)14-7-4-8-16-15(14)10-12(2)17-16/h3-9H,2,10H2,1H3. The maximum absolute atomic E-state index is 4.08. The molecule has 1 aliphatic heterocycles. The molecule has 0 atom stereocenters. The van der Waals surface area contributed by atoms with E-state index in [1.807, 2.05) is 11.8 Å². The maximum atomic E-state index is 4.08. The van der Waals surface area contributed by atoms with Crippen LogP contribution in [-0.2, 0) is 6.42 Å². The first-order valence-electron chi connectivity index (χ1n) is 5.78. The Labute approximate surface area is 106 Å². The fraction of sp³-hybridized carbons (Fsp3) is 0.125. The van der Waals surface area contributed by atoms with Crippen molar-refractivity contribution in [2.24, 2.45) is 0 Å². The van der Waals surface area contributed by atoms with Crippen LogP contribution in [0.2, 0.25) is 0 Å². The molecule has 1 heteroatoms. The smallest absolute Gasteiger partial charge is 0.0160 e. The average Bonchev–Trinajstić information content (AvgIpc) is 2.68. The molecule has 0 nitrogen and oxygen atoms in total. The fourth-order valence-corrected chi connectivity index (χ4v) is 3.29. The Balaban J connectivity index is 2.17. The molecule has 0 saturated heterocycles. The minimum Gasteiger partial charge on any atom is -0.0945 e. The van der Waals surface area contributed by atoms with Crippen molar-refractivity contribution in [1.29, 1.82) is 0 Å². The van der Waals surface area contributed by atoms with E-state index in [0.29, 0.717) is 0 Å². The Kier molecular flexibility index (Phi) is 2.56. The lowest BCUT2D eigenvalue weighted by atomic mass is 9.97. The van der Waals surface area contributed by atoms with Crippen molar-refractivity contribution in [3.8, 4) is 11.1 Å². The maximum Gasteiger partial charge on any atom is 0.0160 e. The minimum absolute atomic E-state index is 1.00. The summed E-state index contributed by atoms with van der Waals surface area (Å²) in [4.78, 5) is 2.62. The van der Waals surface area contributed by atoms with Gasteiger partial charge in [-0.25, -0.2) is 0 Å². The Morgan fingerprint density at radius 3 is 2.76 bits per heavy atom. The number of fused-ring (bicyclic) bond motifs is 1. The Hall–Kier alpha value is -1.47. The van der Waals surface area contributed by atoms with E-state index in [1.165, 1.54) is 32.1 Å². The Morgan fingerprint density at radius 1 is 1.12 bits per heavy atom. The fourth-order valence-electron chi connectivity index (χ4n) is 2.32. The summed E-state index contributed by atoms with van der Waals surface area (Å²) in [5.41, 5.74) is 5.42. The number of benzene rings is 2. The van der Waals surface area contributed by atoms with E-state index in [4.69, 9.17) is 0 Å². The molecule has 17 heavy (non-hydrogen) atoms. The normalized spacial score (nSPS) is 13.8. The highest BCUT2D eigenvalue weighted by Crippen LogP contribution is 2.43. The summed E-state index contributed by atoms with van der Waals surface area (Å²) in [5.74, 6) is 0. The van der Waals surface area contributed by atoms with Crippen LogP contribution in [0.5, 0.6) is 0 Å². The summed E-state index contributed by atoms with van der Waals surface area (Å²) in [5, 5.41) is 0. The first-order valence-corrected chi connectivity index (χ1v) is 6.60. The number of hydrogen-bond donors (Lipinski definition) is 0. The van der Waals surface area contributed by atoms with Crippen molar-refractivity contribution in [3.63, 3.8) is 0 Å². The third kappa shape index (κ3) is 1.91. The SMILES string of the molecule is C=C1Cc2c(cccc2-c2cccc(C)c2)S1. The van der Waals surface area contributed by atoms with Gasteiger partial charge in [-0.3, -0.25) is 0 Å². The van der Waals surface area contributed by atoms with Crippen molar-refractivity contribution in [1.82, 2.24) is 0 Å². The summed E-state index contributed by atoms with van der Waals surface area (Å²) in [6.45, 7) is 6.22. The van der Waals surface area contributed by atoms with Gasteiger partial charge in [-0.05, 0) is 34.6 Å². The van der Waals surface area contributed by atoms with Crippen LogP contribution in [0.15, 0.2) is 58.8 Å². The lowest BCUT2D eigenvalue weighted by Gasteiger charge is -2.08. The summed E-state index contributed by atoms with van der Waals surface area (Å²) >= 11 is 1.81. The molecule has 0 bridgehead atoms. The number of allylic oxidation sites excluding steroid dienone is 1.